The van der Waals surface area contributed by atoms with Crippen LogP contribution in [-0.4, -0.2) is 81.4 Å². The van der Waals surface area contributed by atoms with Gasteiger partial charge in [0.2, 0.25) is 15.9 Å². The first-order chi connectivity index (χ1) is 9.11. The summed E-state index contributed by atoms with van der Waals surface area (Å²) in [5, 5.41) is 10.5. The number of amides is 1. The lowest BCUT2D eigenvalue weighted by molar-refractivity contribution is -0.130. The van der Waals surface area contributed by atoms with E-state index >= 15 is 0 Å². The van der Waals surface area contributed by atoms with Crippen LogP contribution in [0.3, 0.4) is 0 Å². The number of rotatable bonds is 5. The zero-order chi connectivity index (χ0) is 15.4. The fourth-order valence-corrected chi connectivity index (χ4v) is 2.87. The number of hydrogen-bond donors (Lipinski definition) is 2. The van der Waals surface area contributed by atoms with Gasteiger partial charge in [-0.2, -0.15) is 0 Å². The number of nitrogens with zero attached hydrogens (tertiary/aromatic N) is 2. The topological polar surface area (TPSA) is 89.9 Å². The lowest BCUT2D eigenvalue weighted by Gasteiger charge is -2.29. The molecule has 0 radical (unpaired) electrons. The highest BCUT2D eigenvalue weighted by Gasteiger charge is 2.31. The van der Waals surface area contributed by atoms with Gasteiger partial charge in [-0.25, -0.2) is 13.1 Å². The molecule has 2 N–H and O–H groups in total. The van der Waals surface area contributed by atoms with Crippen molar-refractivity contribution in [2.75, 3.05) is 46.5 Å². The molecule has 8 heteroatoms. The largest absolute Gasteiger partial charge is 0.388 e. The van der Waals surface area contributed by atoms with Gasteiger partial charge in [-0.3, -0.25) is 4.79 Å². The smallest absolute Gasteiger partial charge is 0.237 e. The summed E-state index contributed by atoms with van der Waals surface area (Å²) in [6.07, 6.45) is 2.90. The van der Waals surface area contributed by atoms with Crippen LogP contribution in [0.5, 0.6) is 0 Å². The number of carbonyl (C=O) groups is 1. The molecule has 0 unspecified atom stereocenters. The molecule has 1 atom stereocenters. The van der Waals surface area contributed by atoms with Crippen molar-refractivity contribution in [2.24, 2.45) is 0 Å². The van der Waals surface area contributed by atoms with Gasteiger partial charge in [-0.05, 0) is 33.4 Å². The molecule has 1 fully saturated rings. The van der Waals surface area contributed by atoms with E-state index in [-0.39, 0.29) is 12.5 Å². The third-order valence-electron chi connectivity index (χ3n) is 3.37. The number of likely N-dealkylation sites (N-methyl/N-ethyl adjacent to an activating group) is 1. The van der Waals surface area contributed by atoms with Crippen LogP contribution in [0.15, 0.2) is 0 Å². The fraction of sp³-hybridized carbons (Fsp3) is 0.917. The van der Waals surface area contributed by atoms with Gasteiger partial charge in [-0.1, -0.05) is 0 Å². The Morgan fingerprint density at radius 1 is 1.35 bits per heavy atom. The Kier molecular flexibility index (Phi) is 5.93. The van der Waals surface area contributed by atoms with E-state index in [0.29, 0.717) is 32.5 Å². The van der Waals surface area contributed by atoms with Crippen LogP contribution in [0.4, 0.5) is 0 Å². The molecule has 20 heavy (non-hydrogen) atoms. The van der Waals surface area contributed by atoms with Gasteiger partial charge >= 0.3 is 0 Å². The minimum atomic E-state index is -3.36. The number of carbonyl (C=O) groups excluding carboxylic acids is 1. The van der Waals surface area contributed by atoms with Gasteiger partial charge in [0.05, 0.1) is 18.4 Å². The van der Waals surface area contributed by atoms with Crippen LogP contribution in [0.25, 0.3) is 0 Å². The Hall–Kier alpha value is -0.700. The minimum absolute atomic E-state index is 0.217. The first-order valence-electron chi connectivity index (χ1n) is 6.71. The highest BCUT2D eigenvalue weighted by Crippen LogP contribution is 2.23. The predicted molar refractivity (Wildman–Crippen MR) is 76.8 cm³/mol. The number of aliphatic hydroxyl groups is 1. The molecule has 0 spiro atoms. The number of nitrogens with one attached hydrogen (secondary N) is 1. The quantitative estimate of drug-likeness (QED) is 0.669. The number of hydrogen-bond acceptors (Lipinski definition) is 5. The molecule has 0 aromatic rings. The average Bonchev–Trinajstić information content (AvgIpc) is 2.46. The van der Waals surface area contributed by atoms with Crippen molar-refractivity contribution in [3.8, 4) is 0 Å². The SMILES string of the molecule is CN(C)C[C@@]1(O)CCCN(C(=O)CNS(C)(=O)=O)CC1. The lowest BCUT2D eigenvalue weighted by atomic mass is 9.94. The van der Waals surface area contributed by atoms with Crippen molar-refractivity contribution < 1.29 is 18.3 Å². The maximum absolute atomic E-state index is 11.9. The highest BCUT2D eigenvalue weighted by atomic mass is 32.2. The molecule has 1 rings (SSSR count). The second-order valence-corrected chi connectivity index (χ2v) is 7.62. The van der Waals surface area contributed by atoms with Crippen LogP contribution in [0.1, 0.15) is 19.3 Å². The van der Waals surface area contributed by atoms with Crippen LogP contribution in [0, 0.1) is 0 Å². The van der Waals surface area contributed by atoms with E-state index in [0.717, 1.165) is 12.7 Å². The highest BCUT2D eigenvalue weighted by molar-refractivity contribution is 7.88. The van der Waals surface area contributed by atoms with Crippen molar-refractivity contribution in [3.63, 3.8) is 0 Å². The third-order valence-corrected chi connectivity index (χ3v) is 4.03. The van der Waals surface area contributed by atoms with Crippen LogP contribution < -0.4 is 4.72 Å². The molecule has 1 amide bonds. The molecule has 0 saturated carbocycles. The maximum Gasteiger partial charge on any atom is 0.237 e. The number of sulfonamides is 1. The van der Waals surface area contributed by atoms with E-state index in [1.54, 1.807) is 4.90 Å². The van der Waals surface area contributed by atoms with Gasteiger partial charge in [-0.15, -0.1) is 0 Å². The second kappa shape index (κ2) is 6.84. The normalized spacial score (nSPS) is 24.8. The Bertz CT molecular complexity index is 438. The monoisotopic (exact) mass is 307 g/mol. The zero-order valence-electron chi connectivity index (χ0n) is 12.4. The first-order valence-corrected chi connectivity index (χ1v) is 8.60. The molecule has 1 aliphatic rings. The third kappa shape index (κ3) is 6.17. The summed E-state index contributed by atoms with van der Waals surface area (Å²) in [5.41, 5.74) is -0.775. The molecule has 0 aromatic carbocycles. The minimum Gasteiger partial charge on any atom is -0.388 e. The summed E-state index contributed by atoms with van der Waals surface area (Å²) in [7, 11) is 0.450. The Labute approximate surface area is 121 Å². The van der Waals surface area contributed by atoms with E-state index in [1.165, 1.54) is 0 Å². The molecular formula is C12H25N3O4S. The molecule has 1 aliphatic heterocycles. The summed E-state index contributed by atoms with van der Waals surface area (Å²) < 4.78 is 24.2. The van der Waals surface area contributed by atoms with Gasteiger partial charge < -0.3 is 14.9 Å². The molecule has 118 valence electrons. The summed E-state index contributed by atoms with van der Waals surface area (Å²) in [4.78, 5) is 15.5. The predicted octanol–water partition coefficient (Wildman–Crippen LogP) is -1.16. The maximum atomic E-state index is 11.9. The molecule has 0 aliphatic carbocycles. The standard InChI is InChI=1S/C12H25N3O4S/c1-14(2)10-12(17)5-4-7-15(8-6-12)11(16)9-13-20(3,18)19/h13,17H,4-10H2,1-3H3/t12-/m1/s1. The van der Waals surface area contributed by atoms with E-state index in [1.807, 2.05) is 19.0 Å². The van der Waals surface area contributed by atoms with E-state index in [4.69, 9.17) is 0 Å². The van der Waals surface area contributed by atoms with Crippen LogP contribution in [-0.2, 0) is 14.8 Å². The summed E-state index contributed by atoms with van der Waals surface area (Å²) in [6, 6.07) is 0. The Morgan fingerprint density at radius 2 is 2.00 bits per heavy atom. The molecule has 0 aromatic heterocycles. The van der Waals surface area contributed by atoms with Crippen molar-refractivity contribution in [2.45, 2.75) is 24.9 Å². The van der Waals surface area contributed by atoms with E-state index < -0.39 is 15.6 Å². The van der Waals surface area contributed by atoms with E-state index in [2.05, 4.69) is 4.72 Å². The Balaban J connectivity index is 2.53. The molecule has 1 saturated heterocycles. The van der Waals surface area contributed by atoms with Gasteiger partial charge in [0, 0.05) is 19.6 Å². The average molecular weight is 307 g/mol. The summed E-state index contributed by atoms with van der Waals surface area (Å²) in [5.74, 6) is -0.246. The molecule has 0 bridgehead atoms. The van der Waals surface area contributed by atoms with Gasteiger partial charge in [0.15, 0.2) is 0 Å². The first kappa shape index (κ1) is 17.4. The number of likely N-dealkylation sites (tertiary alicyclic amines) is 1. The van der Waals surface area contributed by atoms with Gasteiger partial charge in [0.25, 0.3) is 0 Å². The van der Waals surface area contributed by atoms with Crippen LogP contribution in [0.2, 0.25) is 0 Å². The van der Waals surface area contributed by atoms with Crippen molar-refractivity contribution in [1.29, 1.82) is 0 Å². The van der Waals surface area contributed by atoms with Crippen molar-refractivity contribution >= 4 is 15.9 Å². The summed E-state index contributed by atoms with van der Waals surface area (Å²) in [6.45, 7) is 1.36. The lowest BCUT2D eigenvalue weighted by Crippen LogP contribution is -2.43. The Morgan fingerprint density at radius 3 is 2.55 bits per heavy atom. The van der Waals surface area contributed by atoms with Crippen LogP contribution >= 0.6 is 0 Å². The molecule has 1 heterocycles. The van der Waals surface area contributed by atoms with Crippen molar-refractivity contribution in [3.05, 3.63) is 0 Å². The van der Waals surface area contributed by atoms with Gasteiger partial charge in [0.1, 0.15) is 0 Å². The molecular weight excluding hydrogens is 282 g/mol. The summed E-state index contributed by atoms with van der Waals surface area (Å²) >= 11 is 0. The fourth-order valence-electron chi connectivity index (χ4n) is 2.48. The van der Waals surface area contributed by atoms with Crippen molar-refractivity contribution in [1.82, 2.24) is 14.5 Å². The zero-order valence-corrected chi connectivity index (χ0v) is 13.2. The molecule has 7 nitrogen and oxygen atoms in total. The van der Waals surface area contributed by atoms with E-state index in [9.17, 15) is 18.3 Å². The second-order valence-electron chi connectivity index (χ2n) is 5.79.